The van der Waals surface area contributed by atoms with E-state index in [0.717, 1.165) is 0 Å². The Labute approximate surface area is 247 Å². The molecule has 0 aliphatic carbocycles. The van der Waals surface area contributed by atoms with Crippen molar-refractivity contribution in [3.63, 3.8) is 0 Å². The molecule has 2 N–H and O–H groups in total. The number of halogens is 3. The molecule has 4 heterocycles. The maximum atomic E-state index is 13.7. The van der Waals surface area contributed by atoms with Gasteiger partial charge in [0.05, 0.1) is 23.4 Å². The number of aryl methyl sites for hydroxylation is 1. The van der Waals surface area contributed by atoms with Crippen LogP contribution in [0.2, 0.25) is 15.6 Å². The van der Waals surface area contributed by atoms with E-state index in [0.29, 0.717) is 10.9 Å². The minimum Gasteiger partial charge on any atom is -0.480 e. The number of anilines is 1. The molecule has 5 aromatic rings. The number of nitrogens with one attached hydrogen (secondary N) is 2. The zero-order chi connectivity index (χ0) is 29.4. The van der Waals surface area contributed by atoms with Gasteiger partial charge in [0.2, 0.25) is 16.4 Å². The quantitative estimate of drug-likeness (QED) is 0.270. The van der Waals surface area contributed by atoms with Crippen molar-refractivity contribution in [1.82, 2.24) is 44.8 Å². The summed E-state index contributed by atoms with van der Waals surface area (Å²) in [6.45, 7) is 5.39. The van der Waals surface area contributed by atoms with Gasteiger partial charge in [0.15, 0.2) is 5.82 Å². The van der Waals surface area contributed by atoms with Crippen LogP contribution in [0.3, 0.4) is 0 Å². The van der Waals surface area contributed by atoms with Gasteiger partial charge < -0.3 is 15.4 Å². The fourth-order valence-corrected chi connectivity index (χ4v) is 4.60. The molecule has 41 heavy (non-hydrogen) atoms. The van der Waals surface area contributed by atoms with Crippen LogP contribution in [-0.2, 0) is 0 Å². The number of carbonyl (C=O) groups excluding carboxylic acids is 2. The molecule has 0 saturated carbocycles. The predicted octanol–water partition coefficient (Wildman–Crippen LogP) is 4.46. The minimum atomic E-state index is -0.598. The number of amides is 2. The van der Waals surface area contributed by atoms with E-state index >= 15 is 0 Å². The second kappa shape index (κ2) is 11.3. The molecule has 5 rings (SSSR count). The van der Waals surface area contributed by atoms with Crippen molar-refractivity contribution in [3.8, 4) is 17.6 Å². The van der Waals surface area contributed by atoms with E-state index < -0.39 is 11.8 Å². The summed E-state index contributed by atoms with van der Waals surface area (Å²) in [5.74, 6) is -0.622. The number of nitrogens with zero attached hydrogens (tertiary/aromatic N) is 8. The molecular weight excluding hydrogens is 595 g/mol. The van der Waals surface area contributed by atoms with Crippen LogP contribution in [0.5, 0.6) is 5.88 Å². The molecule has 4 aromatic heterocycles. The van der Waals surface area contributed by atoms with Gasteiger partial charge in [-0.1, -0.05) is 11.6 Å². The number of ether oxygens (including phenoxy) is 1. The zero-order valence-electron chi connectivity index (χ0n) is 22.0. The number of carbonyl (C=O) groups is 2. The molecule has 0 saturated heterocycles. The number of benzene rings is 1. The maximum absolute atomic E-state index is 13.7. The van der Waals surface area contributed by atoms with Crippen molar-refractivity contribution in [2.45, 2.75) is 26.8 Å². The molecule has 16 heteroatoms. The molecule has 210 valence electrons. The number of hydrogen-bond donors (Lipinski definition) is 2. The largest absolute Gasteiger partial charge is 0.480 e. The highest BCUT2D eigenvalue weighted by Gasteiger charge is 2.26. The average Bonchev–Trinajstić information content (AvgIpc) is 3.53. The summed E-state index contributed by atoms with van der Waals surface area (Å²) in [5.41, 5.74) is 1.28. The average molecular weight is 616 g/mol. The third-order valence-electron chi connectivity index (χ3n) is 5.72. The number of fused-ring (bicyclic) bond motifs is 1. The van der Waals surface area contributed by atoms with Gasteiger partial charge in [-0.15, -0.1) is 5.10 Å². The van der Waals surface area contributed by atoms with Crippen LogP contribution in [0, 0.1) is 6.92 Å². The Bertz CT molecular complexity index is 1800. The zero-order valence-corrected chi connectivity index (χ0v) is 24.2. The first kappa shape index (κ1) is 28.2. The normalized spacial score (nSPS) is 11.2. The first-order valence-corrected chi connectivity index (χ1v) is 13.2. The molecule has 0 radical (unpaired) electrons. The SMILES string of the molecule is COc1cc(C(=O)Nc2c(C)cc3cn(-c4nc(Cl)nc(Cl)n4)nc3c2C(=O)NC(C)C)n(-c2ncccc2Cl)n1. The third-order valence-corrected chi connectivity index (χ3v) is 6.36. The molecule has 0 bridgehead atoms. The topological polar surface area (TPSA) is 155 Å². The Morgan fingerprint density at radius 3 is 2.41 bits per heavy atom. The fourth-order valence-electron chi connectivity index (χ4n) is 4.04. The summed E-state index contributed by atoms with van der Waals surface area (Å²) in [4.78, 5) is 43.4. The minimum absolute atomic E-state index is 0.0490. The van der Waals surface area contributed by atoms with Crippen molar-refractivity contribution in [2.75, 3.05) is 12.4 Å². The summed E-state index contributed by atoms with van der Waals surface area (Å²) in [6.07, 6.45) is 3.14. The molecule has 0 fully saturated rings. The van der Waals surface area contributed by atoms with Crippen LogP contribution in [0.15, 0.2) is 36.7 Å². The van der Waals surface area contributed by atoms with E-state index in [4.69, 9.17) is 39.5 Å². The van der Waals surface area contributed by atoms with Crippen molar-refractivity contribution < 1.29 is 14.3 Å². The molecular formula is C25H21Cl3N10O3. The summed E-state index contributed by atoms with van der Waals surface area (Å²) in [7, 11) is 1.42. The van der Waals surface area contributed by atoms with E-state index in [1.54, 1.807) is 31.3 Å². The Morgan fingerprint density at radius 2 is 1.76 bits per heavy atom. The van der Waals surface area contributed by atoms with Crippen molar-refractivity contribution in [2.24, 2.45) is 0 Å². The van der Waals surface area contributed by atoms with Gasteiger partial charge in [0.25, 0.3) is 17.8 Å². The predicted molar refractivity (Wildman–Crippen MR) is 153 cm³/mol. The van der Waals surface area contributed by atoms with Crippen molar-refractivity contribution >= 4 is 63.2 Å². The van der Waals surface area contributed by atoms with Crippen LogP contribution >= 0.6 is 34.8 Å². The lowest BCUT2D eigenvalue weighted by Gasteiger charge is -2.16. The second-order valence-corrected chi connectivity index (χ2v) is 10.1. The number of pyridine rings is 1. The molecule has 0 aliphatic rings. The van der Waals surface area contributed by atoms with Crippen LogP contribution in [0.4, 0.5) is 5.69 Å². The number of rotatable bonds is 7. The molecule has 0 aliphatic heterocycles. The number of hydrogen-bond acceptors (Lipinski definition) is 9. The maximum Gasteiger partial charge on any atom is 0.274 e. The third kappa shape index (κ3) is 5.64. The summed E-state index contributed by atoms with van der Waals surface area (Å²) >= 11 is 18.2. The Balaban J connectivity index is 1.65. The smallest absolute Gasteiger partial charge is 0.274 e. The summed E-state index contributed by atoms with van der Waals surface area (Å²) in [6, 6.07) is 6.27. The Morgan fingerprint density at radius 1 is 1.02 bits per heavy atom. The van der Waals surface area contributed by atoms with Gasteiger partial charge in [-0.05, 0) is 67.7 Å². The van der Waals surface area contributed by atoms with E-state index in [2.05, 4.69) is 40.8 Å². The molecule has 13 nitrogen and oxygen atoms in total. The lowest BCUT2D eigenvalue weighted by Crippen LogP contribution is -2.31. The summed E-state index contributed by atoms with van der Waals surface area (Å²) < 4.78 is 7.84. The monoisotopic (exact) mass is 614 g/mol. The highest BCUT2D eigenvalue weighted by molar-refractivity contribution is 6.32. The Kier molecular flexibility index (Phi) is 7.76. The first-order valence-electron chi connectivity index (χ1n) is 12.0. The van der Waals surface area contributed by atoms with Crippen LogP contribution in [-0.4, -0.2) is 64.5 Å². The number of methoxy groups -OCH3 is 1. The standard InChI is InChI=1S/C25H21Cl3N10O3/c1-11(2)30-22(40)17-18(12(3)8-13-10-37(36-19(13)17)25-33-23(27)32-24(28)34-25)31-21(39)15-9-16(41-4)35-38(15)20-14(26)6-5-7-29-20/h5-11H,1-4H3,(H,30,40)(H,31,39). The van der Waals surface area contributed by atoms with Crippen LogP contribution < -0.4 is 15.4 Å². The molecule has 0 unspecified atom stereocenters. The van der Waals surface area contributed by atoms with Gasteiger partial charge in [-0.3, -0.25) is 9.59 Å². The molecule has 0 spiro atoms. The van der Waals surface area contributed by atoms with Crippen molar-refractivity contribution in [3.05, 3.63) is 69.1 Å². The van der Waals surface area contributed by atoms with Gasteiger partial charge in [-0.2, -0.15) is 20.1 Å². The van der Waals surface area contributed by atoms with E-state index in [9.17, 15) is 9.59 Å². The van der Waals surface area contributed by atoms with E-state index in [1.165, 1.54) is 28.7 Å². The molecule has 0 atom stereocenters. The molecule has 2 amide bonds. The highest BCUT2D eigenvalue weighted by Crippen LogP contribution is 2.31. The summed E-state index contributed by atoms with van der Waals surface area (Å²) in [5, 5.41) is 15.2. The van der Waals surface area contributed by atoms with E-state index in [-0.39, 0.29) is 61.7 Å². The van der Waals surface area contributed by atoms with Gasteiger partial charge in [-0.25, -0.2) is 14.3 Å². The number of aromatic nitrogens is 8. The van der Waals surface area contributed by atoms with Gasteiger partial charge in [0.1, 0.15) is 11.2 Å². The highest BCUT2D eigenvalue weighted by atomic mass is 35.5. The van der Waals surface area contributed by atoms with Crippen LogP contribution in [0.25, 0.3) is 22.7 Å². The second-order valence-electron chi connectivity index (χ2n) is 9.00. The van der Waals surface area contributed by atoms with Gasteiger partial charge in [0, 0.05) is 29.9 Å². The van der Waals surface area contributed by atoms with Crippen LogP contribution in [0.1, 0.15) is 40.3 Å². The lowest BCUT2D eigenvalue weighted by molar-refractivity contribution is 0.0945. The molecule has 1 aromatic carbocycles. The van der Waals surface area contributed by atoms with Gasteiger partial charge >= 0.3 is 0 Å². The lowest BCUT2D eigenvalue weighted by atomic mass is 10.0. The fraction of sp³-hybridized carbons (Fsp3) is 0.200. The van der Waals surface area contributed by atoms with Crippen molar-refractivity contribution in [1.29, 1.82) is 0 Å². The first-order chi connectivity index (χ1) is 19.5. The Hall–Kier alpha value is -4.33. The van der Waals surface area contributed by atoms with E-state index in [1.807, 2.05) is 13.8 Å².